The van der Waals surface area contributed by atoms with Crippen molar-refractivity contribution >= 4 is 0 Å². The minimum atomic E-state index is 0.0726. The van der Waals surface area contributed by atoms with Crippen molar-refractivity contribution in [2.75, 3.05) is 6.54 Å². The summed E-state index contributed by atoms with van der Waals surface area (Å²) in [5.74, 6) is 0.286. The third-order valence-corrected chi connectivity index (χ3v) is 2.54. The summed E-state index contributed by atoms with van der Waals surface area (Å²) in [6.45, 7) is 0.758. The third kappa shape index (κ3) is 4.32. The molecule has 1 aromatic carbocycles. The Morgan fingerprint density at radius 3 is 2.33 bits per heavy atom. The van der Waals surface area contributed by atoms with Crippen molar-refractivity contribution < 1.29 is 5.11 Å². The van der Waals surface area contributed by atoms with E-state index in [4.69, 9.17) is 16.6 Å². The van der Waals surface area contributed by atoms with Gasteiger partial charge < -0.3 is 16.6 Å². The van der Waals surface area contributed by atoms with Gasteiger partial charge in [0, 0.05) is 6.04 Å². The molecule has 0 radical (unpaired) electrons. The molecule has 0 amide bonds. The lowest BCUT2D eigenvalue weighted by Gasteiger charge is -2.11. The zero-order valence-corrected chi connectivity index (χ0v) is 9.02. The number of nitrogens with two attached hydrogens (primary N) is 2. The summed E-state index contributed by atoms with van der Waals surface area (Å²) in [6, 6.07) is 7.18. The van der Waals surface area contributed by atoms with Crippen LogP contribution in [0.3, 0.4) is 0 Å². The fourth-order valence-corrected chi connectivity index (χ4v) is 1.57. The average Bonchev–Trinajstić information content (AvgIpc) is 2.25. The summed E-state index contributed by atoms with van der Waals surface area (Å²) >= 11 is 0. The van der Waals surface area contributed by atoms with Crippen LogP contribution >= 0.6 is 0 Å². The maximum absolute atomic E-state index is 9.13. The summed E-state index contributed by atoms with van der Waals surface area (Å²) < 4.78 is 0. The van der Waals surface area contributed by atoms with E-state index < -0.39 is 0 Å². The van der Waals surface area contributed by atoms with Crippen LogP contribution in [0.25, 0.3) is 0 Å². The molecule has 1 rings (SSSR count). The molecule has 0 aliphatic heterocycles. The molecule has 15 heavy (non-hydrogen) atoms. The number of aromatic hydroxyl groups is 1. The van der Waals surface area contributed by atoms with Crippen LogP contribution in [0.4, 0.5) is 0 Å². The summed E-state index contributed by atoms with van der Waals surface area (Å²) in [7, 11) is 0. The van der Waals surface area contributed by atoms with Crippen molar-refractivity contribution in [1.82, 2.24) is 0 Å². The van der Waals surface area contributed by atoms with Gasteiger partial charge in [0.05, 0.1) is 0 Å². The summed E-state index contributed by atoms with van der Waals surface area (Å²) in [4.78, 5) is 0. The fraction of sp³-hybridized carbons (Fsp3) is 0.500. The number of hydrogen-bond acceptors (Lipinski definition) is 3. The van der Waals surface area contributed by atoms with Gasteiger partial charge in [0.15, 0.2) is 0 Å². The number of phenolic OH excluding ortho intramolecular Hbond substituents is 1. The molecule has 3 heteroatoms. The minimum absolute atomic E-state index is 0.0726. The van der Waals surface area contributed by atoms with Crippen LogP contribution in [-0.4, -0.2) is 11.7 Å². The first-order valence-corrected chi connectivity index (χ1v) is 5.48. The second-order valence-corrected chi connectivity index (χ2v) is 3.84. The van der Waals surface area contributed by atoms with E-state index in [0.717, 1.165) is 37.8 Å². The molecular formula is C12H20N2O. The highest BCUT2D eigenvalue weighted by Gasteiger charge is 2.04. The molecule has 0 spiro atoms. The standard InChI is InChI=1S/C12H20N2O/c13-9-3-1-2-4-12(14)10-5-7-11(15)8-6-10/h5-8,12,15H,1-4,9,13-14H2. The SMILES string of the molecule is NCCCCCC(N)c1ccc(O)cc1. The number of phenols is 1. The van der Waals surface area contributed by atoms with Crippen molar-refractivity contribution in [2.24, 2.45) is 11.5 Å². The van der Waals surface area contributed by atoms with E-state index in [-0.39, 0.29) is 11.8 Å². The Labute approximate surface area is 91.1 Å². The van der Waals surface area contributed by atoms with Crippen molar-refractivity contribution in [2.45, 2.75) is 31.7 Å². The third-order valence-electron chi connectivity index (χ3n) is 2.54. The summed E-state index contributed by atoms with van der Waals surface area (Å²) in [6.07, 6.45) is 4.30. The van der Waals surface area contributed by atoms with Crippen LogP contribution in [0.1, 0.15) is 37.3 Å². The molecule has 1 aromatic rings. The van der Waals surface area contributed by atoms with E-state index >= 15 is 0 Å². The quantitative estimate of drug-likeness (QED) is 0.625. The van der Waals surface area contributed by atoms with Crippen molar-refractivity contribution in [1.29, 1.82) is 0 Å². The second-order valence-electron chi connectivity index (χ2n) is 3.84. The molecule has 84 valence electrons. The smallest absolute Gasteiger partial charge is 0.115 e. The van der Waals surface area contributed by atoms with Crippen LogP contribution in [0.5, 0.6) is 5.75 Å². The Balaban J connectivity index is 2.33. The maximum atomic E-state index is 9.13. The molecule has 0 saturated carbocycles. The molecule has 0 fully saturated rings. The predicted octanol–water partition coefficient (Wildman–Crippen LogP) is 1.91. The zero-order chi connectivity index (χ0) is 11.1. The molecule has 0 bridgehead atoms. The largest absolute Gasteiger partial charge is 0.508 e. The Morgan fingerprint density at radius 2 is 1.73 bits per heavy atom. The fourth-order valence-electron chi connectivity index (χ4n) is 1.57. The second kappa shape index (κ2) is 6.43. The topological polar surface area (TPSA) is 72.3 Å². The van der Waals surface area contributed by atoms with E-state index in [1.807, 2.05) is 12.1 Å². The Bertz CT molecular complexity index is 271. The highest BCUT2D eigenvalue weighted by Crippen LogP contribution is 2.19. The highest BCUT2D eigenvalue weighted by atomic mass is 16.3. The number of unbranched alkanes of at least 4 members (excludes halogenated alkanes) is 2. The van der Waals surface area contributed by atoms with Crippen LogP contribution in [0.15, 0.2) is 24.3 Å². The molecule has 0 aliphatic rings. The van der Waals surface area contributed by atoms with Crippen LogP contribution in [-0.2, 0) is 0 Å². The number of benzene rings is 1. The van der Waals surface area contributed by atoms with Gasteiger partial charge in [-0.05, 0) is 37.1 Å². The molecule has 5 N–H and O–H groups in total. The van der Waals surface area contributed by atoms with E-state index in [2.05, 4.69) is 0 Å². The van der Waals surface area contributed by atoms with Gasteiger partial charge in [0.1, 0.15) is 5.75 Å². The number of hydrogen-bond donors (Lipinski definition) is 3. The van der Waals surface area contributed by atoms with Gasteiger partial charge in [-0.2, -0.15) is 0 Å². The van der Waals surface area contributed by atoms with Crippen molar-refractivity contribution in [3.63, 3.8) is 0 Å². The zero-order valence-electron chi connectivity index (χ0n) is 9.02. The molecule has 3 nitrogen and oxygen atoms in total. The minimum Gasteiger partial charge on any atom is -0.508 e. The van der Waals surface area contributed by atoms with Gasteiger partial charge in [-0.3, -0.25) is 0 Å². The molecule has 1 unspecified atom stereocenters. The van der Waals surface area contributed by atoms with E-state index in [0.29, 0.717) is 0 Å². The molecule has 0 heterocycles. The van der Waals surface area contributed by atoms with Crippen molar-refractivity contribution in [3.8, 4) is 5.75 Å². The van der Waals surface area contributed by atoms with Crippen LogP contribution in [0, 0.1) is 0 Å². The summed E-state index contributed by atoms with van der Waals surface area (Å²) in [5, 5.41) is 9.13. The van der Waals surface area contributed by atoms with Gasteiger partial charge in [-0.25, -0.2) is 0 Å². The molecule has 0 aliphatic carbocycles. The average molecular weight is 208 g/mol. The Kier molecular flexibility index (Phi) is 5.15. The first-order valence-electron chi connectivity index (χ1n) is 5.48. The van der Waals surface area contributed by atoms with Crippen molar-refractivity contribution in [3.05, 3.63) is 29.8 Å². The predicted molar refractivity (Wildman–Crippen MR) is 62.6 cm³/mol. The maximum Gasteiger partial charge on any atom is 0.115 e. The van der Waals surface area contributed by atoms with Gasteiger partial charge in [0.25, 0.3) is 0 Å². The molecule has 1 atom stereocenters. The molecular weight excluding hydrogens is 188 g/mol. The lowest BCUT2D eigenvalue weighted by atomic mass is 10.0. The first kappa shape index (κ1) is 12.0. The normalized spacial score (nSPS) is 12.7. The highest BCUT2D eigenvalue weighted by molar-refractivity contribution is 5.27. The number of rotatable bonds is 6. The van der Waals surface area contributed by atoms with E-state index in [1.165, 1.54) is 0 Å². The Hall–Kier alpha value is -1.06. The first-order chi connectivity index (χ1) is 7.24. The van der Waals surface area contributed by atoms with Gasteiger partial charge in [-0.15, -0.1) is 0 Å². The monoisotopic (exact) mass is 208 g/mol. The van der Waals surface area contributed by atoms with Crippen LogP contribution < -0.4 is 11.5 Å². The Morgan fingerprint density at radius 1 is 1.07 bits per heavy atom. The lowest BCUT2D eigenvalue weighted by molar-refractivity contribution is 0.474. The molecule has 0 aromatic heterocycles. The van der Waals surface area contributed by atoms with E-state index in [1.54, 1.807) is 12.1 Å². The molecule has 0 saturated heterocycles. The van der Waals surface area contributed by atoms with Gasteiger partial charge >= 0.3 is 0 Å². The van der Waals surface area contributed by atoms with Gasteiger partial charge in [-0.1, -0.05) is 25.0 Å². The lowest BCUT2D eigenvalue weighted by Crippen LogP contribution is -2.10. The van der Waals surface area contributed by atoms with E-state index in [9.17, 15) is 0 Å². The van der Waals surface area contributed by atoms with Crippen LogP contribution in [0.2, 0.25) is 0 Å². The summed E-state index contributed by atoms with van der Waals surface area (Å²) in [5.41, 5.74) is 12.5. The van der Waals surface area contributed by atoms with Gasteiger partial charge in [0.2, 0.25) is 0 Å².